The first-order chi connectivity index (χ1) is 15.8. The maximum Gasteiger partial charge on any atom is 0.247 e. The van der Waals surface area contributed by atoms with Gasteiger partial charge in [-0.3, -0.25) is 9.59 Å². The third-order valence-electron chi connectivity index (χ3n) is 5.68. The van der Waals surface area contributed by atoms with E-state index in [1.807, 2.05) is 54.6 Å². The van der Waals surface area contributed by atoms with Crippen molar-refractivity contribution in [1.82, 2.24) is 10.2 Å². The summed E-state index contributed by atoms with van der Waals surface area (Å²) in [6.07, 6.45) is 0. The average molecular weight is 455 g/mol. The number of benzene rings is 2. The van der Waals surface area contributed by atoms with Crippen LogP contribution in [0.3, 0.4) is 0 Å². The van der Waals surface area contributed by atoms with E-state index >= 15 is 0 Å². The standard InChI is InChI=1S/C25H34N4O4/c1-25(2,26)24(32)27-21(18-33-17-19-8-4-3-5-9-19)23(31)29-14-12-28(13-15-29)22-11-7-6-10-20(22)16-30/h3-11,21,30H,12-18,26H2,1-2H3,(H,27,32)/t21-/m1/s1. The zero-order chi connectivity index (χ0) is 23.8. The van der Waals surface area contributed by atoms with Gasteiger partial charge in [-0.05, 0) is 25.5 Å². The Morgan fingerprint density at radius 1 is 1.06 bits per heavy atom. The monoisotopic (exact) mass is 454 g/mol. The number of para-hydroxylation sites is 1. The van der Waals surface area contributed by atoms with E-state index in [-0.39, 0.29) is 19.1 Å². The van der Waals surface area contributed by atoms with Crippen molar-refractivity contribution < 1.29 is 19.4 Å². The van der Waals surface area contributed by atoms with E-state index in [0.717, 1.165) is 16.8 Å². The van der Waals surface area contributed by atoms with Crippen molar-refractivity contribution >= 4 is 17.5 Å². The molecule has 8 heteroatoms. The summed E-state index contributed by atoms with van der Waals surface area (Å²) in [5.41, 5.74) is 7.66. The lowest BCUT2D eigenvalue weighted by molar-refractivity contribution is -0.139. The Morgan fingerprint density at radius 3 is 2.33 bits per heavy atom. The fraction of sp³-hybridized carbons (Fsp3) is 0.440. The van der Waals surface area contributed by atoms with Crippen molar-refractivity contribution in [2.45, 2.75) is 38.6 Å². The first kappa shape index (κ1) is 24.7. The fourth-order valence-corrected chi connectivity index (χ4v) is 3.73. The highest BCUT2D eigenvalue weighted by molar-refractivity contribution is 5.91. The van der Waals surface area contributed by atoms with Crippen molar-refractivity contribution in [3.63, 3.8) is 0 Å². The molecule has 2 amide bonds. The van der Waals surface area contributed by atoms with Crippen LogP contribution in [-0.2, 0) is 27.5 Å². The number of carbonyl (C=O) groups excluding carboxylic acids is 2. The highest BCUT2D eigenvalue weighted by atomic mass is 16.5. The molecule has 4 N–H and O–H groups in total. The highest BCUT2D eigenvalue weighted by Gasteiger charge is 2.32. The molecule has 0 spiro atoms. The first-order valence-corrected chi connectivity index (χ1v) is 11.2. The molecule has 178 valence electrons. The molecule has 1 aliphatic heterocycles. The summed E-state index contributed by atoms with van der Waals surface area (Å²) in [7, 11) is 0. The van der Waals surface area contributed by atoms with E-state index in [2.05, 4.69) is 10.2 Å². The number of hydrogen-bond donors (Lipinski definition) is 3. The van der Waals surface area contributed by atoms with Crippen LogP contribution in [0, 0.1) is 0 Å². The van der Waals surface area contributed by atoms with Gasteiger partial charge in [0.15, 0.2) is 0 Å². The molecule has 8 nitrogen and oxygen atoms in total. The van der Waals surface area contributed by atoms with Crippen molar-refractivity contribution in [1.29, 1.82) is 0 Å². The van der Waals surface area contributed by atoms with Crippen LogP contribution in [-0.4, -0.2) is 66.2 Å². The van der Waals surface area contributed by atoms with E-state index in [0.29, 0.717) is 32.8 Å². The van der Waals surface area contributed by atoms with Gasteiger partial charge in [0.25, 0.3) is 0 Å². The Kier molecular flexibility index (Phi) is 8.43. The zero-order valence-corrected chi connectivity index (χ0v) is 19.4. The molecule has 1 atom stereocenters. The van der Waals surface area contributed by atoms with Crippen LogP contribution >= 0.6 is 0 Å². The summed E-state index contributed by atoms with van der Waals surface area (Å²) >= 11 is 0. The smallest absolute Gasteiger partial charge is 0.247 e. The molecule has 1 heterocycles. The van der Waals surface area contributed by atoms with Crippen molar-refractivity contribution in [3.05, 3.63) is 65.7 Å². The minimum Gasteiger partial charge on any atom is -0.392 e. The van der Waals surface area contributed by atoms with Crippen LogP contribution in [0.1, 0.15) is 25.0 Å². The molecule has 2 aromatic rings. The molecular weight excluding hydrogens is 420 g/mol. The summed E-state index contributed by atoms with van der Waals surface area (Å²) in [6.45, 7) is 5.87. The minimum absolute atomic E-state index is 0.0307. The van der Waals surface area contributed by atoms with E-state index in [9.17, 15) is 14.7 Å². The van der Waals surface area contributed by atoms with Gasteiger partial charge < -0.3 is 30.7 Å². The van der Waals surface area contributed by atoms with Gasteiger partial charge in [-0.15, -0.1) is 0 Å². The second-order valence-corrected chi connectivity index (χ2v) is 8.85. The molecule has 1 fully saturated rings. The Morgan fingerprint density at radius 2 is 1.70 bits per heavy atom. The predicted octanol–water partition coefficient (Wildman–Crippen LogP) is 1.27. The van der Waals surface area contributed by atoms with Crippen molar-refractivity contribution in [2.24, 2.45) is 5.73 Å². The SMILES string of the molecule is CC(C)(N)C(=O)N[C@H](COCc1ccccc1)C(=O)N1CCN(c2ccccc2CO)CC1. The number of ether oxygens (including phenoxy) is 1. The number of carbonyl (C=O) groups is 2. The number of aliphatic hydroxyl groups is 1. The molecule has 0 saturated carbocycles. The molecule has 33 heavy (non-hydrogen) atoms. The molecule has 3 rings (SSSR count). The average Bonchev–Trinajstić information content (AvgIpc) is 2.83. The van der Waals surface area contributed by atoms with Crippen molar-refractivity contribution in [2.75, 3.05) is 37.7 Å². The van der Waals surface area contributed by atoms with Crippen LogP contribution in [0.15, 0.2) is 54.6 Å². The summed E-state index contributed by atoms with van der Waals surface area (Å²) < 4.78 is 5.79. The maximum absolute atomic E-state index is 13.3. The maximum atomic E-state index is 13.3. The first-order valence-electron chi connectivity index (χ1n) is 11.2. The topological polar surface area (TPSA) is 108 Å². The van der Waals surface area contributed by atoms with E-state index in [1.54, 1.807) is 18.7 Å². The second kappa shape index (κ2) is 11.3. The second-order valence-electron chi connectivity index (χ2n) is 8.85. The van der Waals surface area contributed by atoms with E-state index in [4.69, 9.17) is 10.5 Å². The Hall–Kier alpha value is -2.94. The Balaban J connectivity index is 1.63. The van der Waals surface area contributed by atoms with Gasteiger partial charge >= 0.3 is 0 Å². The summed E-state index contributed by atoms with van der Waals surface area (Å²) in [6, 6.07) is 16.6. The minimum atomic E-state index is -1.11. The van der Waals surface area contributed by atoms with Gasteiger partial charge in [0, 0.05) is 37.4 Å². The molecule has 0 aromatic heterocycles. The van der Waals surface area contributed by atoms with Gasteiger partial charge in [0.2, 0.25) is 11.8 Å². The number of anilines is 1. The molecule has 1 saturated heterocycles. The molecule has 0 bridgehead atoms. The van der Waals surface area contributed by atoms with Gasteiger partial charge in [-0.1, -0.05) is 48.5 Å². The number of hydrogen-bond acceptors (Lipinski definition) is 6. The number of piperazine rings is 1. The van der Waals surface area contributed by atoms with Crippen molar-refractivity contribution in [3.8, 4) is 0 Å². The van der Waals surface area contributed by atoms with E-state index in [1.165, 1.54) is 0 Å². The van der Waals surface area contributed by atoms with Gasteiger partial charge in [0.1, 0.15) is 6.04 Å². The number of rotatable bonds is 9. The molecule has 0 aliphatic carbocycles. The Labute approximate surface area is 195 Å². The predicted molar refractivity (Wildman–Crippen MR) is 127 cm³/mol. The zero-order valence-electron chi connectivity index (χ0n) is 19.4. The molecule has 1 aliphatic rings. The third kappa shape index (κ3) is 6.77. The van der Waals surface area contributed by atoms with Gasteiger partial charge in [0.05, 0.1) is 25.4 Å². The lowest BCUT2D eigenvalue weighted by Crippen LogP contribution is -2.60. The Bertz CT molecular complexity index is 922. The lowest BCUT2D eigenvalue weighted by Gasteiger charge is -2.38. The molecular formula is C25H34N4O4. The number of nitrogens with one attached hydrogen (secondary N) is 1. The normalized spacial score (nSPS) is 15.3. The van der Waals surface area contributed by atoms with Crippen LogP contribution in [0.4, 0.5) is 5.69 Å². The lowest BCUT2D eigenvalue weighted by atomic mass is 10.1. The largest absolute Gasteiger partial charge is 0.392 e. The number of aliphatic hydroxyl groups excluding tert-OH is 1. The molecule has 0 unspecified atom stereocenters. The van der Waals surface area contributed by atoms with Gasteiger partial charge in [-0.2, -0.15) is 0 Å². The van der Waals surface area contributed by atoms with Gasteiger partial charge in [-0.25, -0.2) is 0 Å². The molecule has 0 radical (unpaired) electrons. The van der Waals surface area contributed by atoms with Crippen LogP contribution < -0.4 is 16.0 Å². The fourth-order valence-electron chi connectivity index (χ4n) is 3.73. The number of nitrogens with two attached hydrogens (primary N) is 1. The number of amides is 2. The summed E-state index contributed by atoms with van der Waals surface area (Å²) in [4.78, 5) is 29.7. The summed E-state index contributed by atoms with van der Waals surface area (Å²) in [5, 5.41) is 12.4. The van der Waals surface area contributed by atoms with E-state index < -0.39 is 17.5 Å². The summed E-state index contributed by atoms with van der Waals surface area (Å²) in [5.74, 6) is -0.588. The van der Waals surface area contributed by atoms with Crippen LogP contribution in [0.25, 0.3) is 0 Å². The third-order valence-corrected chi connectivity index (χ3v) is 5.68. The highest BCUT2D eigenvalue weighted by Crippen LogP contribution is 2.22. The van der Waals surface area contributed by atoms with Crippen LogP contribution in [0.2, 0.25) is 0 Å². The quantitative estimate of drug-likeness (QED) is 0.527. The van der Waals surface area contributed by atoms with Crippen LogP contribution in [0.5, 0.6) is 0 Å². The number of nitrogens with zero attached hydrogens (tertiary/aromatic N) is 2. The molecule has 2 aromatic carbocycles.